The molecule has 0 aliphatic carbocycles. The molecule has 100 valence electrons. The first-order valence-electron chi connectivity index (χ1n) is 6.03. The lowest BCUT2D eigenvalue weighted by atomic mass is 10.1. The summed E-state index contributed by atoms with van der Waals surface area (Å²) in [6, 6.07) is 6.18. The SMILES string of the molecule is Cc1cc(CCNC2=NCCCN2)ccc1Cl.I. The summed E-state index contributed by atoms with van der Waals surface area (Å²) >= 11 is 5.99. The van der Waals surface area contributed by atoms with Crippen molar-refractivity contribution in [1.29, 1.82) is 0 Å². The average Bonchev–Trinajstić information content (AvgIpc) is 2.35. The van der Waals surface area contributed by atoms with Crippen LogP contribution in [-0.4, -0.2) is 25.6 Å². The van der Waals surface area contributed by atoms with Crippen LogP contribution in [0.15, 0.2) is 23.2 Å². The highest BCUT2D eigenvalue weighted by atomic mass is 127. The predicted octanol–water partition coefficient (Wildman–Crippen LogP) is 2.75. The van der Waals surface area contributed by atoms with Crippen molar-refractivity contribution in [2.24, 2.45) is 4.99 Å². The molecule has 3 nitrogen and oxygen atoms in total. The third kappa shape index (κ3) is 4.65. The fourth-order valence-corrected chi connectivity index (χ4v) is 1.96. The Hall–Kier alpha value is -0.490. The maximum absolute atomic E-state index is 5.99. The molecule has 18 heavy (non-hydrogen) atoms. The van der Waals surface area contributed by atoms with E-state index in [-0.39, 0.29) is 24.0 Å². The molecule has 2 rings (SSSR count). The number of benzene rings is 1. The molecular formula is C13H19ClIN3. The maximum Gasteiger partial charge on any atom is 0.191 e. The molecule has 0 spiro atoms. The molecule has 2 N–H and O–H groups in total. The fraction of sp³-hybridized carbons (Fsp3) is 0.462. The lowest BCUT2D eigenvalue weighted by Crippen LogP contribution is -2.41. The van der Waals surface area contributed by atoms with Crippen LogP contribution in [0.4, 0.5) is 0 Å². The van der Waals surface area contributed by atoms with Crippen molar-refractivity contribution in [1.82, 2.24) is 10.6 Å². The molecule has 0 bridgehead atoms. The molecule has 1 aliphatic heterocycles. The smallest absolute Gasteiger partial charge is 0.191 e. The van der Waals surface area contributed by atoms with E-state index in [2.05, 4.69) is 27.8 Å². The molecule has 0 aromatic heterocycles. The minimum atomic E-state index is 0. The van der Waals surface area contributed by atoms with Crippen molar-refractivity contribution in [3.05, 3.63) is 34.3 Å². The zero-order chi connectivity index (χ0) is 12.1. The standard InChI is InChI=1S/C13H18ClN3.HI/c1-10-9-11(3-4-12(10)14)5-8-17-13-15-6-2-7-16-13;/h3-4,9H,2,5-8H2,1H3,(H2,15,16,17);1H. The first-order valence-corrected chi connectivity index (χ1v) is 6.41. The topological polar surface area (TPSA) is 36.4 Å². The van der Waals surface area contributed by atoms with Gasteiger partial charge in [-0.25, -0.2) is 0 Å². The Labute approximate surface area is 130 Å². The first kappa shape index (κ1) is 15.6. The first-order chi connectivity index (χ1) is 8.25. The van der Waals surface area contributed by atoms with Crippen LogP contribution in [-0.2, 0) is 6.42 Å². The van der Waals surface area contributed by atoms with Crippen LogP contribution in [0.25, 0.3) is 0 Å². The predicted molar refractivity (Wildman–Crippen MR) is 88.2 cm³/mol. The average molecular weight is 380 g/mol. The minimum Gasteiger partial charge on any atom is -0.356 e. The Morgan fingerprint density at radius 2 is 2.28 bits per heavy atom. The molecule has 0 fully saturated rings. The summed E-state index contributed by atoms with van der Waals surface area (Å²) in [6.45, 7) is 4.88. The quantitative estimate of drug-likeness (QED) is 0.792. The number of rotatable bonds is 3. The summed E-state index contributed by atoms with van der Waals surface area (Å²) in [5.74, 6) is 0.932. The molecule has 5 heteroatoms. The van der Waals surface area contributed by atoms with Gasteiger partial charge in [0.25, 0.3) is 0 Å². The van der Waals surface area contributed by atoms with E-state index in [0.717, 1.165) is 49.0 Å². The third-order valence-corrected chi connectivity index (χ3v) is 3.25. The van der Waals surface area contributed by atoms with E-state index >= 15 is 0 Å². The molecule has 1 aliphatic rings. The second-order valence-electron chi connectivity index (χ2n) is 4.27. The van der Waals surface area contributed by atoms with Crippen LogP contribution in [0.2, 0.25) is 5.02 Å². The summed E-state index contributed by atoms with van der Waals surface area (Å²) in [6.07, 6.45) is 2.11. The van der Waals surface area contributed by atoms with Gasteiger partial charge in [0.2, 0.25) is 0 Å². The molecule has 1 aromatic rings. The van der Waals surface area contributed by atoms with Gasteiger partial charge in [-0.3, -0.25) is 4.99 Å². The van der Waals surface area contributed by atoms with Gasteiger partial charge in [0, 0.05) is 24.7 Å². The Balaban J connectivity index is 0.00000162. The molecule has 0 atom stereocenters. The van der Waals surface area contributed by atoms with Crippen molar-refractivity contribution >= 4 is 41.5 Å². The lowest BCUT2D eigenvalue weighted by molar-refractivity contribution is 0.700. The zero-order valence-corrected chi connectivity index (χ0v) is 13.6. The number of aliphatic imine (C=N–C) groups is 1. The van der Waals surface area contributed by atoms with E-state index in [0.29, 0.717) is 0 Å². The number of hydrogen-bond acceptors (Lipinski definition) is 3. The minimum absolute atomic E-state index is 0. The van der Waals surface area contributed by atoms with Crippen molar-refractivity contribution in [3.8, 4) is 0 Å². The summed E-state index contributed by atoms with van der Waals surface area (Å²) in [7, 11) is 0. The van der Waals surface area contributed by atoms with Gasteiger partial charge in [-0.05, 0) is 37.0 Å². The number of hydrogen-bond donors (Lipinski definition) is 2. The highest BCUT2D eigenvalue weighted by Gasteiger charge is 2.03. The van der Waals surface area contributed by atoms with Crippen LogP contribution < -0.4 is 10.6 Å². The summed E-state index contributed by atoms with van der Waals surface area (Å²) in [5, 5.41) is 7.39. The summed E-state index contributed by atoms with van der Waals surface area (Å²) in [4.78, 5) is 4.37. The van der Waals surface area contributed by atoms with Gasteiger partial charge >= 0.3 is 0 Å². The second-order valence-corrected chi connectivity index (χ2v) is 4.68. The highest BCUT2D eigenvalue weighted by molar-refractivity contribution is 14.0. The molecule has 1 aromatic carbocycles. The number of nitrogens with one attached hydrogen (secondary N) is 2. The van der Waals surface area contributed by atoms with Crippen molar-refractivity contribution in [3.63, 3.8) is 0 Å². The number of guanidine groups is 1. The highest BCUT2D eigenvalue weighted by Crippen LogP contribution is 2.16. The third-order valence-electron chi connectivity index (χ3n) is 2.83. The van der Waals surface area contributed by atoms with E-state index in [1.807, 2.05) is 13.0 Å². The van der Waals surface area contributed by atoms with E-state index in [1.165, 1.54) is 5.56 Å². The van der Waals surface area contributed by atoms with Crippen LogP contribution in [0.1, 0.15) is 17.5 Å². The number of halogens is 2. The molecule has 0 saturated heterocycles. The van der Waals surface area contributed by atoms with Gasteiger partial charge in [-0.2, -0.15) is 0 Å². The van der Waals surface area contributed by atoms with Gasteiger partial charge in [0.05, 0.1) is 0 Å². The molecule has 0 saturated carbocycles. The van der Waals surface area contributed by atoms with Crippen molar-refractivity contribution in [2.75, 3.05) is 19.6 Å². The van der Waals surface area contributed by atoms with E-state index < -0.39 is 0 Å². The van der Waals surface area contributed by atoms with Crippen molar-refractivity contribution < 1.29 is 0 Å². The number of nitrogens with zero attached hydrogens (tertiary/aromatic N) is 1. The summed E-state index contributed by atoms with van der Waals surface area (Å²) < 4.78 is 0. The van der Waals surface area contributed by atoms with Crippen LogP contribution in [0.3, 0.4) is 0 Å². The van der Waals surface area contributed by atoms with Crippen molar-refractivity contribution in [2.45, 2.75) is 19.8 Å². The maximum atomic E-state index is 5.99. The van der Waals surface area contributed by atoms with E-state index in [1.54, 1.807) is 0 Å². The van der Waals surface area contributed by atoms with Crippen LogP contribution >= 0.6 is 35.6 Å². The molecule has 0 radical (unpaired) electrons. The van der Waals surface area contributed by atoms with Gasteiger partial charge in [-0.15, -0.1) is 24.0 Å². The summed E-state index contributed by atoms with van der Waals surface area (Å²) in [5.41, 5.74) is 2.44. The normalized spacial score (nSPS) is 14.2. The Morgan fingerprint density at radius 1 is 1.44 bits per heavy atom. The van der Waals surface area contributed by atoms with Gasteiger partial charge in [0.1, 0.15) is 0 Å². The monoisotopic (exact) mass is 379 g/mol. The number of aryl methyl sites for hydroxylation is 1. The van der Waals surface area contributed by atoms with Crippen LogP contribution in [0, 0.1) is 6.92 Å². The van der Waals surface area contributed by atoms with E-state index in [9.17, 15) is 0 Å². The molecule has 1 heterocycles. The Morgan fingerprint density at radius 3 is 2.94 bits per heavy atom. The zero-order valence-electron chi connectivity index (χ0n) is 10.5. The largest absolute Gasteiger partial charge is 0.356 e. The Bertz CT molecular complexity index is 421. The van der Waals surface area contributed by atoms with Gasteiger partial charge in [0.15, 0.2) is 5.96 Å². The van der Waals surface area contributed by atoms with Gasteiger partial charge < -0.3 is 10.6 Å². The molecule has 0 unspecified atom stereocenters. The Kier molecular flexibility index (Phi) is 6.78. The van der Waals surface area contributed by atoms with Crippen LogP contribution in [0.5, 0.6) is 0 Å². The lowest BCUT2D eigenvalue weighted by Gasteiger charge is -2.16. The molecular weight excluding hydrogens is 361 g/mol. The van der Waals surface area contributed by atoms with Gasteiger partial charge in [-0.1, -0.05) is 23.7 Å². The fourth-order valence-electron chi connectivity index (χ4n) is 1.84. The van der Waals surface area contributed by atoms with E-state index in [4.69, 9.17) is 11.6 Å². The molecule has 0 amide bonds. The second kappa shape index (κ2) is 7.84.